The van der Waals surface area contributed by atoms with Gasteiger partial charge in [-0.3, -0.25) is 10.1 Å². The van der Waals surface area contributed by atoms with Gasteiger partial charge in [0.2, 0.25) is 0 Å². The molecule has 0 radical (unpaired) electrons. The van der Waals surface area contributed by atoms with Gasteiger partial charge in [-0.05, 0) is 31.6 Å². The van der Waals surface area contributed by atoms with Gasteiger partial charge in [0.05, 0.1) is 23.8 Å². The van der Waals surface area contributed by atoms with Gasteiger partial charge < -0.3 is 15.4 Å². The van der Waals surface area contributed by atoms with E-state index in [4.69, 9.17) is 17.0 Å². The van der Waals surface area contributed by atoms with E-state index in [9.17, 15) is 10.1 Å². The third-order valence-electron chi connectivity index (χ3n) is 2.63. The monoisotopic (exact) mass is 283 g/mol. The van der Waals surface area contributed by atoms with Crippen LogP contribution in [-0.4, -0.2) is 23.2 Å². The molecule has 1 unspecified atom stereocenters. The van der Waals surface area contributed by atoms with Gasteiger partial charge >= 0.3 is 0 Å². The zero-order valence-corrected chi connectivity index (χ0v) is 11.9. The van der Waals surface area contributed by atoms with Crippen LogP contribution in [0.3, 0.4) is 0 Å². The normalized spacial score (nSPS) is 11.5. The molecule has 1 rings (SSSR count). The Labute approximate surface area is 117 Å². The summed E-state index contributed by atoms with van der Waals surface area (Å²) in [7, 11) is 1.45. The largest absolute Gasteiger partial charge is 0.494 e. The van der Waals surface area contributed by atoms with E-state index in [2.05, 4.69) is 10.6 Å². The Balaban J connectivity index is 2.83. The maximum absolute atomic E-state index is 10.7. The summed E-state index contributed by atoms with van der Waals surface area (Å²) in [6.07, 6.45) is 0.944. The molecule has 0 saturated carbocycles. The number of nitro benzene ring substituents is 1. The molecule has 19 heavy (non-hydrogen) atoms. The lowest BCUT2D eigenvalue weighted by Crippen LogP contribution is -2.35. The fraction of sp³-hybridized carbons (Fsp3) is 0.417. The van der Waals surface area contributed by atoms with Gasteiger partial charge in [0, 0.05) is 12.1 Å². The molecule has 104 valence electrons. The molecule has 0 amide bonds. The molecule has 0 heterocycles. The number of ether oxygens (including phenoxy) is 1. The van der Waals surface area contributed by atoms with Crippen molar-refractivity contribution in [1.29, 1.82) is 0 Å². The molecule has 6 nitrogen and oxygen atoms in total. The van der Waals surface area contributed by atoms with Crippen molar-refractivity contribution < 1.29 is 9.66 Å². The van der Waals surface area contributed by atoms with Crippen molar-refractivity contribution in [3.8, 4) is 5.75 Å². The van der Waals surface area contributed by atoms with E-state index in [0.717, 1.165) is 6.42 Å². The first kappa shape index (κ1) is 15.2. The van der Waals surface area contributed by atoms with Gasteiger partial charge in [0.25, 0.3) is 5.69 Å². The van der Waals surface area contributed by atoms with Crippen molar-refractivity contribution in [1.82, 2.24) is 5.32 Å². The second-order valence-corrected chi connectivity index (χ2v) is 4.46. The van der Waals surface area contributed by atoms with E-state index in [1.54, 1.807) is 6.07 Å². The van der Waals surface area contributed by atoms with Crippen molar-refractivity contribution in [2.24, 2.45) is 0 Å². The maximum Gasteiger partial charge on any atom is 0.273 e. The average Bonchev–Trinajstić information content (AvgIpc) is 2.38. The minimum absolute atomic E-state index is 0.0248. The summed E-state index contributed by atoms with van der Waals surface area (Å²) in [4.78, 5) is 10.2. The summed E-state index contributed by atoms with van der Waals surface area (Å²) in [6.45, 7) is 4.06. The smallest absolute Gasteiger partial charge is 0.273 e. The number of rotatable bonds is 5. The summed E-state index contributed by atoms with van der Waals surface area (Å²) >= 11 is 5.16. The predicted octanol–water partition coefficient (Wildman–Crippen LogP) is 2.69. The SMILES string of the molecule is CCC(C)NC(=S)Nc1ccc([N+](=O)[O-])cc1OC. The number of anilines is 1. The number of methoxy groups -OCH3 is 1. The zero-order valence-electron chi connectivity index (χ0n) is 11.1. The average molecular weight is 283 g/mol. The topological polar surface area (TPSA) is 76.4 Å². The molecule has 2 N–H and O–H groups in total. The molecule has 1 aromatic carbocycles. The highest BCUT2D eigenvalue weighted by molar-refractivity contribution is 7.80. The van der Waals surface area contributed by atoms with Gasteiger partial charge in [0.15, 0.2) is 5.11 Å². The molecule has 1 aromatic rings. The number of hydrogen-bond donors (Lipinski definition) is 2. The highest BCUT2D eigenvalue weighted by Gasteiger charge is 2.12. The van der Waals surface area contributed by atoms with Crippen molar-refractivity contribution in [2.45, 2.75) is 26.3 Å². The molecule has 0 saturated heterocycles. The lowest BCUT2D eigenvalue weighted by atomic mass is 10.2. The highest BCUT2D eigenvalue weighted by atomic mass is 32.1. The van der Waals surface area contributed by atoms with Crippen LogP contribution in [0.25, 0.3) is 0 Å². The number of benzene rings is 1. The Hall–Kier alpha value is -1.89. The number of nitro groups is 1. The van der Waals surface area contributed by atoms with Gasteiger partial charge in [0.1, 0.15) is 5.75 Å². The van der Waals surface area contributed by atoms with Crippen LogP contribution in [0, 0.1) is 10.1 Å². The van der Waals surface area contributed by atoms with Crippen LogP contribution in [0.4, 0.5) is 11.4 Å². The number of hydrogen-bond acceptors (Lipinski definition) is 4. The Bertz CT molecular complexity index is 479. The quantitative estimate of drug-likeness (QED) is 0.491. The van der Waals surface area contributed by atoms with E-state index in [-0.39, 0.29) is 11.7 Å². The Morgan fingerprint density at radius 2 is 2.26 bits per heavy atom. The van der Waals surface area contributed by atoms with Crippen molar-refractivity contribution in [3.63, 3.8) is 0 Å². The molecular weight excluding hydrogens is 266 g/mol. The number of nitrogens with one attached hydrogen (secondary N) is 2. The molecule has 0 aliphatic rings. The molecule has 1 atom stereocenters. The molecule has 7 heteroatoms. The summed E-state index contributed by atoms with van der Waals surface area (Å²) in [6, 6.07) is 4.58. The molecule has 0 aromatic heterocycles. The molecule has 0 aliphatic heterocycles. The maximum atomic E-state index is 10.7. The van der Waals surface area contributed by atoms with Crippen LogP contribution >= 0.6 is 12.2 Å². The third kappa shape index (κ3) is 4.36. The second kappa shape index (κ2) is 6.89. The number of non-ortho nitro benzene ring substituents is 1. The highest BCUT2D eigenvalue weighted by Crippen LogP contribution is 2.28. The Kier molecular flexibility index (Phi) is 5.50. The Morgan fingerprint density at radius 3 is 2.79 bits per heavy atom. The molecule has 0 fully saturated rings. The van der Waals surface area contributed by atoms with Crippen molar-refractivity contribution in [3.05, 3.63) is 28.3 Å². The summed E-state index contributed by atoms with van der Waals surface area (Å²) in [5.74, 6) is 0.377. The van der Waals surface area contributed by atoms with Crippen LogP contribution in [0.15, 0.2) is 18.2 Å². The Morgan fingerprint density at radius 1 is 1.58 bits per heavy atom. The minimum atomic E-state index is -0.470. The van der Waals surface area contributed by atoms with E-state index < -0.39 is 4.92 Å². The summed E-state index contributed by atoms with van der Waals surface area (Å²) in [5.41, 5.74) is 0.567. The fourth-order valence-electron chi connectivity index (χ4n) is 1.38. The van der Waals surface area contributed by atoms with Gasteiger partial charge in [-0.1, -0.05) is 6.92 Å². The third-order valence-corrected chi connectivity index (χ3v) is 2.85. The van der Waals surface area contributed by atoms with Gasteiger partial charge in [-0.15, -0.1) is 0 Å². The lowest BCUT2D eigenvalue weighted by Gasteiger charge is -2.16. The van der Waals surface area contributed by atoms with Gasteiger partial charge in [-0.2, -0.15) is 0 Å². The summed E-state index contributed by atoms with van der Waals surface area (Å²) < 4.78 is 5.11. The minimum Gasteiger partial charge on any atom is -0.494 e. The van der Waals surface area contributed by atoms with E-state index in [1.807, 2.05) is 13.8 Å². The second-order valence-electron chi connectivity index (χ2n) is 4.05. The van der Waals surface area contributed by atoms with Crippen LogP contribution < -0.4 is 15.4 Å². The molecule has 0 spiro atoms. The fourth-order valence-corrected chi connectivity index (χ4v) is 1.69. The molecular formula is C12H17N3O3S. The van der Waals surface area contributed by atoms with Crippen LogP contribution in [-0.2, 0) is 0 Å². The first-order valence-electron chi connectivity index (χ1n) is 5.87. The first-order chi connectivity index (χ1) is 8.97. The van der Waals surface area contributed by atoms with Crippen LogP contribution in [0.2, 0.25) is 0 Å². The van der Waals surface area contributed by atoms with E-state index in [1.165, 1.54) is 19.2 Å². The standard InChI is InChI=1S/C12H17N3O3S/c1-4-8(2)13-12(19)14-10-6-5-9(15(16)17)7-11(10)18-3/h5-8H,4H2,1-3H3,(H2,13,14,19). The zero-order chi connectivity index (χ0) is 14.4. The van der Waals surface area contributed by atoms with Crippen LogP contribution in [0.5, 0.6) is 5.75 Å². The van der Waals surface area contributed by atoms with Crippen LogP contribution in [0.1, 0.15) is 20.3 Å². The summed E-state index contributed by atoms with van der Waals surface area (Å²) in [5, 5.41) is 17.2. The predicted molar refractivity (Wildman–Crippen MR) is 78.8 cm³/mol. The van der Waals surface area contributed by atoms with Crippen molar-refractivity contribution >= 4 is 28.7 Å². The molecule has 0 aliphatic carbocycles. The number of thiocarbonyl (C=S) groups is 1. The lowest BCUT2D eigenvalue weighted by molar-refractivity contribution is -0.384. The van der Waals surface area contributed by atoms with Crippen molar-refractivity contribution in [2.75, 3.05) is 12.4 Å². The number of nitrogens with zero attached hydrogens (tertiary/aromatic N) is 1. The molecule has 0 bridgehead atoms. The van der Waals surface area contributed by atoms with Gasteiger partial charge in [-0.25, -0.2) is 0 Å². The first-order valence-corrected chi connectivity index (χ1v) is 6.28. The van der Waals surface area contributed by atoms with E-state index in [0.29, 0.717) is 16.5 Å². The van der Waals surface area contributed by atoms with E-state index >= 15 is 0 Å².